The van der Waals surface area contributed by atoms with E-state index < -0.39 is 0 Å². The normalized spacial score (nSPS) is 22.4. The maximum absolute atomic E-state index is 13.6. The zero-order valence-corrected chi connectivity index (χ0v) is 13.4. The Balaban J connectivity index is 0.00000176. The van der Waals surface area contributed by atoms with Crippen molar-refractivity contribution in [2.24, 2.45) is 0 Å². The molecule has 1 aromatic rings. The molecular formula is C16H23ClFN3O. The molecular weight excluding hydrogens is 305 g/mol. The summed E-state index contributed by atoms with van der Waals surface area (Å²) >= 11 is 0. The van der Waals surface area contributed by atoms with Gasteiger partial charge in [-0.15, -0.1) is 12.4 Å². The minimum absolute atomic E-state index is 0. The highest BCUT2D eigenvalue weighted by Gasteiger charge is 2.27. The molecule has 0 radical (unpaired) electrons. The number of carbonyl (C=O) groups excluding carboxylic acids is 1. The quantitative estimate of drug-likeness (QED) is 0.909. The van der Waals surface area contributed by atoms with E-state index in [2.05, 4.69) is 10.2 Å². The molecule has 2 saturated heterocycles. The van der Waals surface area contributed by atoms with E-state index >= 15 is 0 Å². The number of amides is 1. The lowest BCUT2D eigenvalue weighted by Crippen LogP contribution is -2.52. The van der Waals surface area contributed by atoms with Gasteiger partial charge in [-0.05, 0) is 24.6 Å². The van der Waals surface area contributed by atoms with Crippen molar-refractivity contribution in [3.8, 4) is 0 Å². The van der Waals surface area contributed by atoms with Gasteiger partial charge in [-0.1, -0.05) is 18.2 Å². The fourth-order valence-corrected chi connectivity index (χ4v) is 3.20. The molecule has 0 saturated carbocycles. The van der Waals surface area contributed by atoms with Crippen molar-refractivity contribution in [1.82, 2.24) is 15.1 Å². The summed E-state index contributed by atoms with van der Waals surface area (Å²) in [6, 6.07) is 7.14. The number of nitrogens with one attached hydrogen (secondary N) is 1. The molecule has 1 aromatic carbocycles. The van der Waals surface area contributed by atoms with Crippen LogP contribution in [-0.2, 0) is 11.2 Å². The molecule has 0 spiro atoms. The zero-order chi connectivity index (χ0) is 14.7. The molecule has 122 valence electrons. The third kappa shape index (κ3) is 3.97. The first-order valence-electron chi connectivity index (χ1n) is 7.70. The van der Waals surface area contributed by atoms with Crippen LogP contribution in [0.4, 0.5) is 4.39 Å². The number of carbonyl (C=O) groups is 1. The maximum atomic E-state index is 13.6. The van der Waals surface area contributed by atoms with Crippen LogP contribution in [0.15, 0.2) is 24.3 Å². The summed E-state index contributed by atoms with van der Waals surface area (Å²) < 4.78 is 13.6. The van der Waals surface area contributed by atoms with E-state index in [1.165, 1.54) is 12.5 Å². The first kappa shape index (κ1) is 17.2. The van der Waals surface area contributed by atoms with Crippen LogP contribution in [0.5, 0.6) is 0 Å². The third-order valence-corrected chi connectivity index (χ3v) is 4.52. The number of hydrogen-bond donors (Lipinski definition) is 1. The molecule has 4 nitrogen and oxygen atoms in total. The summed E-state index contributed by atoms with van der Waals surface area (Å²) in [4.78, 5) is 16.6. The Morgan fingerprint density at radius 3 is 2.59 bits per heavy atom. The summed E-state index contributed by atoms with van der Waals surface area (Å²) in [5.41, 5.74) is 0.491. The van der Waals surface area contributed by atoms with Crippen LogP contribution in [0.3, 0.4) is 0 Å². The Morgan fingerprint density at radius 1 is 1.23 bits per heavy atom. The second-order valence-electron chi connectivity index (χ2n) is 5.83. The lowest BCUT2D eigenvalue weighted by molar-refractivity contribution is -0.132. The van der Waals surface area contributed by atoms with Crippen LogP contribution in [0.1, 0.15) is 12.0 Å². The van der Waals surface area contributed by atoms with Gasteiger partial charge in [0.1, 0.15) is 5.82 Å². The number of hydrogen-bond acceptors (Lipinski definition) is 3. The summed E-state index contributed by atoms with van der Waals surface area (Å²) in [6.45, 7) is 5.51. The average Bonchev–Trinajstić information content (AvgIpc) is 3.04. The van der Waals surface area contributed by atoms with Crippen LogP contribution in [-0.4, -0.2) is 61.0 Å². The average molecular weight is 328 g/mol. The van der Waals surface area contributed by atoms with Crippen molar-refractivity contribution >= 4 is 18.3 Å². The second kappa shape index (κ2) is 7.90. The molecule has 2 fully saturated rings. The molecule has 22 heavy (non-hydrogen) atoms. The van der Waals surface area contributed by atoms with Gasteiger partial charge in [-0.2, -0.15) is 0 Å². The number of rotatable bonds is 3. The summed E-state index contributed by atoms with van der Waals surface area (Å²) in [5, 5.41) is 3.38. The van der Waals surface area contributed by atoms with Gasteiger partial charge in [0.25, 0.3) is 0 Å². The maximum Gasteiger partial charge on any atom is 0.227 e. The smallest absolute Gasteiger partial charge is 0.227 e. The predicted molar refractivity (Wildman–Crippen MR) is 86.8 cm³/mol. The van der Waals surface area contributed by atoms with Gasteiger partial charge in [0, 0.05) is 38.8 Å². The van der Waals surface area contributed by atoms with E-state index in [4.69, 9.17) is 0 Å². The summed E-state index contributed by atoms with van der Waals surface area (Å²) in [7, 11) is 0. The van der Waals surface area contributed by atoms with Crippen molar-refractivity contribution < 1.29 is 9.18 Å². The topological polar surface area (TPSA) is 35.6 Å². The van der Waals surface area contributed by atoms with Crippen LogP contribution in [0.2, 0.25) is 0 Å². The van der Waals surface area contributed by atoms with Crippen LogP contribution >= 0.6 is 12.4 Å². The lowest BCUT2D eigenvalue weighted by atomic mass is 10.1. The predicted octanol–water partition coefficient (Wildman–Crippen LogP) is 1.30. The van der Waals surface area contributed by atoms with Gasteiger partial charge in [0.05, 0.1) is 6.42 Å². The molecule has 0 aromatic heterocycles. The lowest BCUT2D eigenvalue weighted by Gasteiger charge is -2.37. The molecule has 6 heteroatoms. The van der Waals surface area contributed by atoms with Gasteiger partial charge in [0.15, 0.2) is 0 Å². The van der Waals surface area contributed by atoms with Crippen LogP contribution in [0, 0.1) is 5.82 Å². The van der Waals surface area contributed by atoms with Crippen molar-refractivity contribution in [2.45, 2.75) is 18.9 Å². The largest absolute Gasteiger partial charge is 0.340 e. The Hall–Kier alpha value is -1.17. The van der Waals surface area contributed by atoms with Crippen molar-refractivity contribution in [3.63, 3.8) is 0 Å². The van der Waals surface area contributed by atoms with Gasteiger partial charge >= 0.3 is 0 Å². The number of piperazine rings is 1. The number of benzene rings is 1. The minimum Gasteiger partial charge on any atom is -0.340 e. The zero-order valence-electron chi connectivity index (χ0n) is 12.6. The van der Waals surface area contributed by atoms with E-state index in [1.54, 1.807) is 18.2 Å². The summed E-state index contributed by atoms with van der Waals surface area (Å²) in [6.07, 6.45) is 1.36. The molecule has 2 aliphatic heterocycles. The van der Waals surface area contributed by atoms with Crippen LogP contribution in [0.25, 0.3) is 0 Å². The highest BCUT2D eigenvalue weighted by Crippen LogP contribution is 2.14. The Bertz CT molecular complexity index is 500. The second-order valence-corrected chi connectivity index (χ2v) is 5.83. The molecule has 2 aliphatic rings. The molecule has 1 atom stereocenters. The van der Waals surface area contributed by atoms with Crippen LogP contribution < -0.4 is 5.32 Å². The standard InChI is InChI=1S/C16H22FN3O.ClH/c17-15-4-2-1-3-13(15)11-16(21)20-9-7-19(8-10-20)14-5-6-18-12-14;/h1-4,14,18H,5-12H2;1H. The van der Waals surface area contributed by atoms with Gasteiger partial charge < -0.3 is 10.2 Å². The molecule has 1 unspecified atom stereocenters. The van der Waals surface area contributed by atoms with Gasteiger partial charge in [-0.25, -0.2) is 4.39 Å². The molecule has 0 bridgehead atoms. The Morgan fingerprint density at radius 2 is 1.95 bits per heavy atom. The fraction of sp³-hybridized carbons (Fsp3) is 0.562. The third-order valence-electron chi connectivity index (χ3n) is 4.52. The first-order chi connectivity index (χ1) is 10.2. The van der Waals surface area contributed by atoms with Gasteiger partial charge in [-0.3, -0.25) is 9.69 Å². The molecule has 1 N–H and O–H groups in total. The SMILES string of the molecule is Cl.O=C(Cc1ccccc1F)N1CCN(C2CCNC2)CC1. The number of halogens is 2. The fourth-order valence-electron chi connectivity index (χ4n) is 3.20. The monoisotopic (exact) mass is 327 g/mol. The molecule has 3 rings (SSSR count). The van der Waals surface area contributed by atoms with Crippen molar-refractivity contribution in [3.05, 3.63) is 35.6 Å². The highest BCUT2D eigenvalue weighted by molar-refractivity contribution is 5.85. The minimum atomic E-state index is -0.290. The molecule has 1 amide bonds. The number of nitrogens with zero attached hydrogens (tertiary/aromatic N) is 2. The molecule has 2 heterocycles. The summed E-state index contributed by atoms with van der Waals surface area (Å²) in [5.74, 6) is -0.259. The van der Waals surface area contributed by atoms with E-state index in [0.29, 0.717) is 11.6 Å². The van der Waals surface area contributed by atoms with E-state index in [-0.39, 0.29) is 30.6 Å². The Labute approximate surface area is 137 Å². The van der Waals surface area contributed by atoms with Crippen molar-refractivity contribution in [1.29, 1.82) is 0 Å². The van der Waals surface area contributed by atoms with E-state index in [1.807, 2.05) is 4.90 Å². The van der Waals surface area contributed by atoms with E-state index in [9.17, 15) is 9.18 Å². The van der Waals surface area contributed by atoms with Gasteiger partial charge in [0.2, 0.25) is 5.91 Å². The Kier molecular flexibility index (Phi) is 6.17. The highest BCUT2D eigenvalue weighted by atomic mass is 35.5. The molecule has 0 aliphatic carbocycles. The van der Waals surface area contributed by atoms with Crippen molar-refractivity contribution in [2.75, 3.05) is 39.3 Å². The van der Waals surface area contributed by atoms with E-state index in [0.717, 1.165) is 39.3 Å². The first-order valence-corrected chi connectivity index (χ1v) is 7.70.